The zero-order chi connectivity index (χ0) is 19.1. The Morgan fingerprint density at radius 1 is 1.35 bits per heavy atom. The molecule has 0 aromatic carbocycles. The van der Waals surface area contributed by atoms with Crippen molar-refractivity contribution in [2.45, 2.75) is 33.6 Å². The van der Waals surface area contributed by atoms with Crippen molar-refractivity contribution >= 4 is 17.5 Å². The number of ether oxygens (including phenoxy) is 1. The lowest BCUT2D eigenvalue weighted by atomic mass is 9.80. The third-order valence-corrected chi connectivity index (χ3v) is 5.02. The number of carbonyl (C=O) groups excluding carboxylic acids is 1. The number of nitrogens with zero attached hydrogens (tertiary/aromatic N) is 4. The molecule has 1 N–H and O–H groups in total. The monoisotopic (exact) mass is 360 g/mol. The summed E-state index contributed by atoms with van der Waals surface area (Å²) in [6, 6.07) is 1.91. The molecule has 1 unspecified atom stereocenters. The third kappa shape index (κ3) is 2.94. The van der Waals surface area contributed by atoms with Gasteiger partial charge >= 0.3 is 5.97 Å². The standard InChI is InChI=1S/C18H24N4O4/c1-11-8-12(2)22-15(19-11)14(13(3)20-22)16(23)21-7-5-6-18(9-21,10-26-4)17(24)25/h8H,5-7,9-10H2,1-4H3,(H,24,25). The Labute approximate surface area is 151 Å². The molecule has 8 nitrogen and oxygen atoms in total. The molecule has 0 bridgehead atoms. The van der Waals surface area contributed by atoms with Gasteiger partial charge in [-0.25, -0.2) is 9.50 Å². The number of carboxylic acid groups (broad SMARTS) is 1. The highest BCUT2D eigenvalue weighted by Crippen LogP contribution is 2.32. The third-order valence-electron chi connectivity index (χ3n) is 5.02. The van der Waals surface area contributed by atoms with E-state index in [1.165, 1.54) is 7.11 Å². The van der Waals surface area contributed by atoms with E-state index in [1.54, 1.807) is 16.3 Å². The van der Waals surface area contributed by atoms with Gasteiger partial charge in [-0.15, -0.1) is 0 Å². The van der Waals surface area contributed by atoms with Crippen LogP contribution >= 0.6 is 0 Å². The summed E-state index contributed by atoms with van der Waals surface area (Å²) in [5.74, 6) is -1.16. The number of likely N-dealkylation sites (tertiary alicyclic amines) is 1. The van der Waals surface area contributed by atoms with Crippen molar-refractivity contribution in [3.63, 3.8) is 0 Å². The average molecular weight is 360 g/mol. The molecule has 0 radical (unpaired) electrons. The molecule has 8 heteroatoms. The van der Waals surface area contributed by atoms with E-state index in [9.17, 15) is 14.7 Å². The van der Waals surface area contributed by atoms with Crippen LogP contribution in [0.2, 0.25) is 0 Å². The lowest BCUT2D eigenvalue weighted by Gasteiger charge is -2.39. The molecule has 1 fully saturated rings. The molecule has 26 heavy (non-hydrogen) atoms. The summed E-state index contributed by atoms with van der Waals surface area (Å²) in [7, 11) is 1.48. The second-order valence-corrected chi connectivity index (χ2v) is 7.08. The lowest BCUT2D eigenvalue weighted by molar-refractivity contribution is -0.155. The summed E-state index contributed by atoms with van der Waals surface area (Å²) in [6.07, 6.45) is 1.11. The first-order valence-electron chi connectivity index (χ1n) is 8.64. The molecule has 1 aliphatic heterocycles. The molecule has 1 atom stereocenters. The highest BCUT2D eigenvalue weighted by molar-refractivity contribution is 6.01. The molecule has 0 saturated carbocycles. The smallest absolute Gasteiger partial charge is 0.313 e. The molecule has 3 rings (SSSR count). The Morgan fingerprint density at radius 2 is 2.08 bits per heavy atom. The molecule has 0 spiro atoms. The maximum Gasteiger partial charge on any atom is 0.313 e. The number of hydrogen-bond acceptors (Lipinski definition) is 5. The first-order chi connectivity index (χ1) is 12.3. The Balaban J connectivity index is 2.00. The summed E-state index contributed by atoms with van der Waals surface area (Å²) in [5.41, 5.74) is 2.18. The molecule has 2 aromatic heterocycles. The van der Waals surface area contributed by atoms with Gasteiger partial charge in [0.2, 0.25) is 0 Å². The molecule has 3 heterocycles. The Kier molecular flexibility index (Phi) is 4.70. The topological polar surface area (TPSA) is 97.0 Å². The predicted molar refractivity (Wildman–Crippen MR) is 94.3 cm³/mol. The SMILES string of the molecule is COCC1(C(=O)O)CCCN(C(=O)c2c(C)nn3c(C)cc(C)nc23)C1. The minimum atomic E-state index is -1.07. The van der Waals surface area contributed by atoms with Crippen molar-refractivity contribution in [2.24, 2.45) is 5.41 Å². The number of piperidine rings is 1. The summed E-state index contributed by atoms with van der Waals surface area (Å²) in [4.78, 5) is 31.2. The predicted octanol–water partition coefficient (Wildman–Crippen LogP) is 1.61. The van der Waals surface area contributed by atoms with Crippen molar-refractivity contribution in [1.29, 1.82) is 0 Å². The van der Waals surface area contributed by atoms with Gasteiger partial charge in [-0.1, -0.05) is 0 Å². The van der Waals surface area contributed by atoms with Gasteiger partial charge in [-0.2, -0.15) is 5.10 Å². The Morgan fingerprint density at radius 3 is 2.73 bits per heavy atom. The summed E-state index contributed by atoms with van der Waals surface area (Å²) in [6.45, 7) is 6.28. The van der Waals surface area contributed by atoms with Gasteiger partial charge in [0.25, 0.3) is 5.91 Å². The fourth-order valence-corrected chi connectivity index (χ4v) is 3.77. The molecule has 140 valence electrons. The van der Waals surface area contributed by atoms with Gasteiger partial charge in [-0.05, 0) is 39.7 Å². The maximum absolute atomic E-state index is 13.2. The van der Waals surface area contributed by atoms with Crippen LogP contribution in [0.1, 0.15) is 40.3 Å². The van der Waals surface area contributed by atoms with Crippen molar-refractivity contribution in [3.05, 3.63) is 28.7 Å². The number of fused-ring (bicyclic) bond motifs is 1. The normalized spacial score (nSPS) is 20.5. The fraction of sp³-hybridized carbons (Fsp3) is 0.556. The number of aryl methyl sites for hydroxylation is 3. The lowest BCUT2D eigenvalue weighted by Crippen LogP contribution is -2.52. The Hall–Kier alpha value is -2.48. The van der Waals surface area contributed by atoms with Gasteiger partial charge in [0.1, 0.15) is 11.0 Å². The van der Waals surface area contributed by atoms with Crippen LogP contribution in [0.4, 0.5) is 0 Å². The van der Waals surface area contributed by atoms with Crippen LogP contribution in [0.15, 0.2) is 6.07 Å². The number of rotatable bonds is 4. The molecule has 1 amide bonds. The van der Waals surface area contributed by atoms with Crippen LogP contribution in [0.25, 0.3) is 5.65 Å². The zero-order valence-corrected chi connectivity index (χ0v) is 15.6. The second kappa shape index (κ2) is 6.68. The van der Waals surface area contributed by atoms with Crippen molar-refractivity contribution in [2.75, 3.05) is 26.8 Å². The number of amides is 1. The van der Waals surface area contributed by atoms with Crippen LogP contribution < -0.4 is 0 Å². The van der Waals surface area contributed by atoms with E-state index in [1.807, 2.05) is 19.9 Å². The van der Waals surface area contributed by atoms with Gasteiger partial charge in [0, 0.05) is 31.6 Å². The minimum Gasteiger partial charge on any atom is -0.481 e. The number of hydrogen-bond donors (Lipinski definition) is 1. The number of methoxy groups -OCH3 is 1. The average Bonchev–Trinajstić information content (AvgIpc) is 2.91. The number of carbonyl (C=O) groups is 2. The van der Waals surface area contributed by atoms with Crippen LogP contribution in [0.3, 0.4) is 0 Å². The van der Waals surface area contributed by atoms with Crippen LogP contribution in [-0.2, 0) is 9.53 Å². The first-order valence-corrected chi connectivity index (χ1v) is 8.64. The van der Waals surface area contributed by atoms with Crippen LogP contribution in [0, 0.1) is 26.2 Å². The molecule has 1 aliphatic rings. The van der Waals surface area contributed by atoms with Crippen molar-refractivity contribution in [3.8, 4) is 0 Å². The molecule has 0 aliphatic carbocycles. The summed E-state index contributed by atoms with van der Waals surface area (Å²) < 4.78 is 6.81. The van der Waals surface area contributed by atoms with Gasteiger partial charge in [0.05, 0.1) is 12.3 Å². The number of aliphatic carboxylic acids is 1. The maximum atomic E-state index is 13.2. The zero-order valence-electron chi connectivity index (χ0n) is 15.6. The van der Waals surface area contributed by atoms with Crippen molar-refractivity contribution in [1.82, 2.24) is 19.5 Å². The van der Waals surface area contributed by atoms with Gasteiger partial charge < -0.3 is 14.7 Å². The van der Waals surface area contributed by atoms with E-state index in [0.29, 0.717) is 36.3 Å². The van der Waals surface area contributed by atoms with E-state index < -0.39 is 11.4 Å². The van der Waals surface area contributed by atoms with E-state index in [0.717, 1.165) is 11.4 Å². The van der Waals surface area contributed by atoms with E-state index in [4.69, 9.17) is 4.74 Å². The van der Waals surface area contributed by atoms with Crippen molar-refractivity contribution < 1.29 is 19.4 Å². The Bertz CT molecular complexity index is 872. The van der Waals surface area contributed by atoms with Crippen LogP contribution in [0.5, 0.6) is 0 Å². The fourth-order valence-electron chi connectivity index (χ4n) is 3.77. The van der Waals surface area contributed by atoms with Gasteiger partial charge in [-0.3, -0.25) is 9.59 Å². The highest BCUT2D eigenvalue weighted by atomic mass is 16.5. The molecular weight excluding hydrogens is 336 g/mol. The molecular formula is C18H24N4O4. The van der Waals surface area contributed by atoms with E-state index in [-0.39, 0.29) is 19.1 Å². The number of aromatic nitrogens is 3. The summed E-state index contributed by atoms with van der Waals surface area (Å²) >= 11 is 0. The second-order valence-electron chi connectivity index (χ2n) is 7.08. The minimum absolute atomic E-state index is 0.0797. The first kappa shape index (κ1) is 18.3. The number of carboxylic acids is 1. The highest BCUT2D eigenvalue weighted by Gasteiger charge is 2.44. The van der Waals surface area contributed by atoms with E-state index >= 15 is 0 Å². The summed E-state index contributed by atoms with van der Waals surface area (Å²) in [5, 5.41) is 14.1. The van der Waals surface area contributed by atoms with Crippen LogP contribution in [-0.4, -0.2) is 63.3 Å². The quantitative estimate of drug-likeness (QED) is 0.890. The largest absolute Gasteiger partial charge is 0.481 e. The molecule has 1 saturated heterocycles. The van der Waals surface area contributed by atoms with Gasteiger partial charge in [0.15, 0.2) is 5.65 Å². The van der Waals surface area contributed by atoms with E-state index in [2.05, 4.69) is 10.1 Å². The molecule has 2 aromatic rings.